The summed E-state index contributed by atoms with van der Waals surface area (Å²) in [5, 5.41) is 10.9. The van der Waals surface area contributed by atoms with Crippen molar-refractivity contribution in [2.45, 2.75) is 13.1 Å². The molecule has 2 heterocycles. The lowest BCUT2D eigenvalue weighted by atomic mass is 10.2. The van der Waals surface area contributed by atoms with Crippen LogP contribution in [-0.2, 0) is 13.1 Å². The van der Waals surface area contributed by atoms with Gasteiger partial charge in [0.15, 0.2) is 10.9 Å². The van der Waals surface area contributed by atoms with Crippen LogP contribution in [0, 0.1) is 5.82 Å². The lowest BCUT2D eigenvalue weighted by Crippen LogP contribution is -2.28. The van der Waals surface area contributed by atoms with E-state index in [1.165, 1.54) is 12.1 Å². The van der Waals surface area contributed by atoms with Gasteiger partial charge in [0.25, 0.3) is 0 Å². The van der Waals surface area contributed by atoms with E-state index in [1.54, 1.807) is 23.1 Å². The van der Waals surface area contributed by atoms with Crippen LogP contribution in [0.15, 0.2) is 57.7 Å². The molecule has 24 heavy (non-hydrogen) atoms. The van der Waals surface area contributed by atoms with Crippen molar-refractivity contribution in [2.75, 3.05) is 5.32 Å². The number of hydrogen-bond donors (Lipinski definition) is 2. The number of nitrogens with one attached hydrogen (secondary N) is 2. The number of rotatable bonds is 5. The van der Waals surface area contributed by atoms with Gasteiger partial charge < -0.3 is 15.1 Å². The predicted molar refractivity (Wildman–Crippen MR) is 97.2 cm³/mol. The average Bonchev–Trinajstić information content (AvgIpc) is 3.18. The predicted octanol–water partition coefficient (Wildman–Crippen LogP) is 3.91. The van der Waals surface area contributed by atoms with Crippen LogP contribution >= 0.6 is 28.1 Å². The second kappa shape index (κ2) is 7.59. The maximum absolute atomic E-state index is 12.9. The zero-order valence-corrected chi connectivity index (χ0v) is 14.9. The van der Waals surface area contributed by atoms with Gasteiger partial charge in [-0.05, 0) is 58.0 Å². The lowest BCUT2D eigenvalue weighted by molar-refractivity contribution is 0.503. The number of furan rings is 1. The number of aromatic nitrogens is 2. The topological polar surface area (TPSA) is 55.0 Å². The fraction of sp³-hybridized carbons (Fsp3) is 0.125. The zero-order chi connectivity index (χ0) is 16.9. The number of halogens is 2. The minimum atomic E-state index is -0.254. The molecule has 0 atom stereocenters. The fourth-order valence-electron chi connectivity index (χ4n) is 2.07. The molecular weight excluding hydrogens is 395 g/mol. The molecule has 0 saturated carbocycles. The molecule has 1 aromatic carbocycles. The van der Waals surface area contributed by atoms with Crippen LogP contribution in [0.3, 0.4) is 0 Å². The van der Waals surface area contributed by atoms with Gasteiger partial charge in [0.1, 0.15) is 11.6 Å². The Morgan fingerprint density at radius 3 is 2.79 bits per heavy atom. The van der Waals surface area contributed by atoms with Gasteiger partial charge in [0.2, 0.25) is 0 Å². The number of nitrogens with zero attached hydrogens (tertiary/aromatic N) is 2. The number of thiocarbonyl (C=S) groups is 1. The molecule has 2 aromatic heterocycles. The molecule has 3 rings (SSSR count). The minimum Gasteiger partial charge on any atom is -0.467 e. The molecule has 2 N–H and O–H groups in total. The molecule has 0 radical (unpaired) electrons. The van der Waals surface area contributed by atoms with E-state index < -0.39 is 0 Å². The molecule has 0 fully saturated rings. The summed E-state index contributed by atoms with van der Waals surface area (Å²) in [5.41, 5.74) is 0.955. The van der Waals surface area contributed by atoms with E-state index in [4.69, 9.17) is 16.6 Å². The van der Waals surface area contributed by atoms with Crippen LogP contribution in [0.5, 0.6) is 0 Å². The van der Waals surface area contributed by atoms with E-state index in [0.717, 1.165) is 15.8 Å². The highest BCUT2D eigenvalue weighted by molar-refractivity contribution is 9.10. The van der Waals surface area contributed by atoms with Crippen molar-refractivity contribution in [1.82, 2.24) is 15.1 Å². The van der Waals surface area contributed by atoms with E-state index >= 15 is 0 Å². The summed E-state index contributed by atoms with van der Waals surface area (Å²) < 4.78 is 20.7. The highest BCUT2D eigenvalue weighted by atomic mass is 79.9. The summed E-state index contributed by atoms with van der Waals surface area (Å²) in [6.07, 6.45) is 3.45. The summed E-state index contributed by atoms with van der Waals surface area (Å²) in [4.78, 5) is 0. The maximum atomic E-state index is 12.9. The van der Waals surface area contributed by atoms with Gasteiger partial charge in [-0.2, -0.15) is 5.10 Å². The first-order valence-electron chi connectivity index (χ1n) is 7.15. The Balaban J connectivity index is 1.59. The number of anilines is 1. The molecule has 124 valence electrons. The molecule has 0 amide bonds. The third-order valence-corrected chi connectivity index (χ3v) is 4.04. The van der Waals surface area contributed by atoms with Gasteiger partial charge in [-0.3, -0.25) is 4.68 Å². The molecule has 3 aromatic rings. The van der Waals surface area contributed by atoms with Crippen LogP contribution in [0.1, 0.15) is 11.3 Å². The van der Waals surface area contributed by atoms with Gasteiger partial charge in [-0.15, -0.1) is 0 Å². The largest absolute Gasteiger partial charge is 0.467 e. The first-order chi connectivity index (χ1) is 11.6. The lowest BCUT2D eigenvalue weighted by Gasteiger charge is -2.07. The van der Waals surface area contributed by atoms with E-state index in [2.05, 4.69) is 31.7 Å². The standard InChI is InChI=1S/C16H14BrFN4OS/c17-14-10-22(9-11-3-5-12(18)6-4-11)21-15(14)20-16(24)19-8-13-2-1-7-23-13/h1-7,10H,8-9H2,(H2,19,20,21,24). The van der Waals surface area contributed by atoms with Crippen molar-refractivity contribution in [3.05, 3.63) is 70.5 Å². The molecule has 8 heteroatoms. The minimum absolute atomic E-state index is 0.254. The smallest absolute Gasteiger partial charge is 0.172 e. The highest BCUT2D eigenvalue weighted by Gasteiger charge is 2.09. The third kappa shape index (κ3) is 4.42. The summed E-state index contributed by atoms with van der Waals surface area (Å²) in [6.45, 7) is 1.03. The Kier molecular flexibility index (Phi) is 5.27. The molecule has 0 saturated heterocycles. The van der Waals surface area contributed by atoms with Gasteiger partial charge in [-0.25, -0.2) is 4.39 Å². The quantitative estimate of drug-likeness (QED) is 0.626. The van der Waals surface area contributed by atoms with Gasteiger partial charge in [-0.1, -0.05) is 12.1 Å². The molecular formula is C16H14BrFN4OS. The second-order valence-corrected chi connectivity index (χ2v) is 6.30. The van der Waals surface area contributed by atoms with Gasteiger partial charge in [0, 0.05) is 6.20 Å². The Hall–Kier alpha value is -2.19. The van der Waals surface area contributed by atoms with E-state index in [9.17, 15) is 4.39 Å². The van der Waals surface area contributed by atoms with Crippen LogP contribution in [0.2, 0.25) is 0 Å². The second-order valence-electron chi connectivity index (χ2n) is 5.04. The summed E-state index contributed by atoms with van der Waals surface area (Å²) in [6, 6.07) is 10.0. The van der Waals surface area contributed by atoms with Gasteiger partial charge >= 0.3 is 0 Å². The van der Waals surface area contributed by atoms with Crippen molar-refractivity contribution < 1.29 is 8.81 Å². The molecule has 0 bridgehead atoms. The summed E-state index contributed by atoms with van der Waals surface area (Å²) in [7, 11) is 0. The van der Waals surface area contributed by atoms with Crippen molar-refractivity contribution in [1.29, 1.82) is 0 Å². The van der Waals surface area contributed by atoms with E-state index in [1.807, 2.05) is 18.3 Å². The summed E-state index contributed by atoms with van der Waals surface area (Å²) in [5.74, 6) is 1.14. The first kappa shape index (κ1) is 16.7. The Labute approximate surface area is 152 Å². The monoisotopic (exact) mass is 408 g/mol. The zero-order valence-electron chi connectivity index (χ0n) is 12.5. The van der Waals surface area contributed by atoms with E-state index in [0.29, 0.717) is 24.0 Å². The Bertz CT molecular complexity index is 817. The van der Waals surface area contributed by atoms with Crippen molar-refractivity contribution in [3.8, 4) is 0 Å². The van der Waals surface area contributed by atoms with Crippen LogP contribution < -0.4 is 10.6 Å². The normalized spacial score (nSPS) is 10.6. The maximum Gasteiger partial charge on any atom is 0.172 e. The average molecular weight is 409 g/mol. The van der Waals surface area contributed by atoms with Crippen molar-refractivity contribution in [2.24, 2.45) is 0 Å². The molecule has 0 spiro atoms. The SMILES string of the molecule is Fc1ccc(Cn2cc(Br)c(NC(=S)NCc3ccco3)n2)cc1. The molecule has 0 aliphatic carbocycles. The summed E-state index contributed by atoms with van der Waals surface area (Å²) >= 11 is 8.70. The third-order valence-electron chi connectivity index (χ3n) is 3.21. The fourth-order valence-corrected chi connectivity index (χ4v) is 2.66. The highest BCUT2D eigenvalue weighted by Crippen LogP contribution is 2.20. The van der Waals surface area contributed by atoms with Crippen LogP contribution in [-0.4, -0.2) is 14.9 Å². The number of hydrogen-bond acceptors (Lipinski definition) is 3. The first-order valence-corrected chi connectivity index (χ1v) is 8.35. The van der Waals surface area contributed by atoms with Crippen molar-refractivity contribution >= 4 is 39.1 Å². The van der Waals surface area contributed by atoms with E-state index in [-0.39, 0.29) is 5.82 Å². The molecule has 5 nitrogen and oxygen atoms in total. The number of benzene rings is 1. The van der Waals surface area contributed by atoms with Crippen LogP contribution in [0.25, 0.3) is 0 Å². The Morgan fingerprint density at radius 2 is 2.08 bits per heavy atom. The molecule has 0 aliphatic heterocycles. The van der Waals surface area contributed by atoms with Gasteiger partial charge in [0.05, 0.1) is 23.8 Å². The Morgan fingerprint density at radius 1 is 1.29 bits per heavy atom. The molecule has 0 aliphatic rings. The van der Waals surface area contributed by atoms with Crippen LogP contribution in [0.4, 0.5) is 10.2 Å². The molecule has 0 unspecified atom stereocenters. The van der Waals surface area contributed by atoms with Crippen molar-refractivity contribution in [3.63, 3.8) is 0 Å².